The summed E-state index contributed by atoms with van der Waals surface area (Å²) < 4.78 is 0. The van der Waals surface area contributed by atoms with Crippen molar-refractivity contribution in [3.8, 4) is 34.2 Å². The fraction of sp³-hybridized carbons (Fsp3) is 0.379. The Morgan fingerprint density at radius 3 is 1.49 bits per heavy atom. The number of H-pyrrole nitrogens is 2. The minimum atomic E-state index is -0.879. The van der Waals surface area contributed by atoms with Crippen LogP contribution < -0.4 is 10.6 Å². The zero-order valence-electron chi connectivity index (χ0n) is 42.0. The van der Waals surface area contributed by atoms with Crippen LogP contribution in [0.25, 0.3) is 22.4 Å². The molecule has 6 heterocycles. The van der Waals surface area contributed by atoms with Crippen LogP contribution in [-0.4, -0.2) is 124 Å². The molecular weight excluding hydrogens is 933 g/mol. The monoisotopic (exact) mass is 997 g/mol. The number of imidazole rings is 2. The summed E-state index contributed by atoms with van der Waals surface area (Å²) in [5.41, 5.74) is 5.13. The number of amides is 6. The molecule has 6 amide bonds. The molecule has 2 aromatic heterocycles. The molecule has 16 heteroatoms. The largest absolute Gasteiger partial charge is 0.390 e. The van der Waals surface area contributed by atoms with Gasteiger partial charge >= 0.3 is 12.1 Å². The first-order valence-electron chi connectivity index (χ1n) is 25.9. The summed E-state index contributed by atoms with van der Waals surface area (Å²) in [5, 5.41) is 26.9. The maximum Gasteiger partial charge on any atom is 0.318 e. The lowest BCUT2D eigenvalue weighted by Gasteiger charge is -2.37. The molecule has 4 aromatic carbocycles. The number of aromatic nitrogens is 4. The molecule has 74 heavy (non-hydrogen) atoms. The van der Waals surface area contributed by atoms with Crippen LogP contribution in [0.5, 0.6) is 0 Å². The van der Waals surface area contributed by atoms with Gasteiger partial charge < -0.3 is 50.4 Å². The zero-order chi connectivity index (χ0) is 51.4. The van der Waals surface area contributed by atoms with Gasteiger partial charge in [0.15, 0.2) is 0 Å². The van der Waals surface area contributed by atoms with Gasteiger partial charge in [-0.3, -0.25) is 9.59 Å². The Balaban J connectivity index is 0.763. The molecule has 4 saturated heterocycles. The molecule has 0 bridgehead atoms. The second kappa shape index (κ2) is 21.4. The first kappa shape index (κ1) is 49.8. The van der Waals surface area contributed by atoms with Gasteiger partial charge in [0.1, 0.15) is 29.4 Å². The minimum Gasteiger partial charge on any atom is -0.390 e. The van der Waals surface area contributed by atoms with E-state index >= 15 is 0 Å². The number of aliphatic hydroxyl groups is 2. The van der Waals surface area contributed by atoms with Gasteiger partial charge in [-0.25, -0.2) is 19.6 Å². The highest BCUT2D eigenvalue weighted by Gasteiger charge is 2.40. The molecule has 0 aliphatic carbocycles. The van der Waals surface area contributed by atoms with E-state index in [1.54, 1.807) is 40.9 Å². The highest BCUT2D eigenvalue weighted by molar-refractivity contribution is 5.90. The summed E-state index contributed by atoms with van der Waals surface area (Å²) in [6.07, 6.45) is 8.48. The summed E-state index contributed by atoms with van der Waals surface area (Å²) in [4.78, 5) is 79.0. The lowest BCUT2D eigenvalue weighted by molar-refractivity contribution is -0.135. The Kier molecular flexibility index (Phi) is 14.4. The normalized spacial score (nSPS) is 20.1. The molecule has 0 unspecified atom stereocenters. The molecule has 16 nitrogen and oxygen atoms in total. The Hall–Kier alpha value is -7.74. The summed E-state index contributed by atoms with van der Waals surface area (Å²) in [6.45, 7) is 6.31. The van der Waals surface area contributed by atoms with E-state index in [2.05, 4.69) is 49.6 Å². The van der Waals surface area contributed by atoms with Crippen LogP contribution in [-0.2, 0) is 9.59 Å². The Labute approximate surface area is 431 Å². The summed E-state index contributed by atoms with van der Waals surface area (Å²) in [6, 6.07) is 32.0. The second-order valence-corrected chi connectivity index (χ2v) is 20.7. The highest BCUT2D eigenvalue weighted by atomic mass is 16.3. The lowest BCUT2D eigenvalue weighted by atomic mass is 9.94. The molecule has 4 aliphatic heterocycles. The van der Waals surface area contributed by atoms with E-state index in [-0.39, 0.29) is 36.0 Å². The van der Waals surface area contributed by atoms with Crippen molar-refractivity contribution >= 4 is 23.9 Å². The predicted molar refractivity (Wildman–Crippen MR) is 280 cm³/mol. The lowest BCUT2D eigenvalue weighted by Crippen LogP contribution is -2.51. The van der Waals surface area contributed by atoms with Crippen molar-refractivity contribution in [1.29, 1.82) is 0 Å². The van der Waals surface area contributed by atoms with E-state index < -0.39 is 23.3 Å². The van der Waals surface area contributed by atoms with E-state index in [9.17, 15) is 29.4 Å². The van der Waals surface area contributed by atoms with Crippen LogP contribution in [0.2, 0.25) is 0 Å². The van der Waals surface area contributed by atoms with Gasteiger partial charge in [-0.05, 0) is 111 Å². The van der Waals surface area contributed by atoms with Crippen LogP contribution >= 0.6 is 0 Å². The molecule has 4 aliphatic rings. The van der Waals surface area contributed by atoms with Crippen molar-refractivity contribution in [2.75, 3.05) is 39.3 Å². The molecule has 4 atom stereocenters. The van der Waals surface area contributed by atoms with E-state index in [0.29, 0.717) is 93.4 Å². The average Bonchev–Trinajstić information content (AvgIpc) is 4.28. The third kappa shape index (κ3) is 11.2. The smallest absolute Gasteiger partial charge is 0.318 e. The van der Waals surface area contributed by atoms with E-state index in [1.165, 1.54) is 0 Å². The predicted octanol–water partition coefficient (Wildman–Crippen LogP) is 7.79. The number of urea groups is 2. The molecule has 6 aromatic rings. The first-order valence-corrected chi connectivity index (χ1v) is 25.9. The molecule has 0 saturated carbocycles. The van der Waals surface area contributed by atoms with Gasteiger partial charge in [0.2, 0.25) is 11.8 Å². The number of carbonyl (C=O) groups excluding carboxylic acids is 4. The van der Waals surface area contributed by atoms with Gasteiger partial charge in [0, 0.05) is 44.8 Å². The molecule has 0 radical (unpaired) electrons. The molecule has 4 fully saturated rings. The summed E-state index contributed by atoms with van der Waals surface area (Å²) in [5.74, 6) is 7.42. The van der Waals surface area contributed by atoms with E-state index in [4.69, 9.17) is 4.98 Å². The first-order chi connectivity index (χ1) is 35.8. The van der Waals surface area contributed by atoms with Crippen molar-refractivity contribution in [2.45, 2.75) is 101 Å². The summed E-state index contributed by atoms with van der Waals surface area (Å²) in [7, 11) is 0. The number of carbonyl (C=O) groups is 4. The third-order valence-electron chi connectivity index (χ3n) is 15.2. The Morgan fingerprint density at radius 2 is 1.00 bits per heavy atom. The van der Waals surface area contributed by atoms with Crippen molar-refractivity contribution in [1.82, 2.24) is 50.2 Å². The number of piperidine rings is 2. The molecule has 382 valence electrons. The number of rotatable bonds is 10. The zero-order valence-corrected chi connectivity index (χ0v) is 42.0. The van der Waals surface area contributed by atoms with Crippen LogP contribution in [0.3, 0.4) is 0 Å². The van der Waals surface area contributed by atoms with Gasteiger partial charge in [0.05, 0.1) is 41.4 Å². The SMILES string of the molecule is CC1(O)CCN(C(=O)N[C@@H](C(=O)N2CCC[C@H]2c2ncc(C#Cc3ccc(-c4ccc(-c5cnc([C@@H]6CCCN6C(=O)[C@H](NC(=O)N6CCC(C)(O)CC6)c6ccccc6)[nH]5)cc4)cc3)[nH]2)c2ccccc2)CC1. The van der Waals surface area contributed by atoms with Gasteiger partial charge in [-0.15, -0.1) is 0 Å². The summed E-state index contributed by atoms with van der Waals surface area (Å²) >= 11 is 0. The number of nitrogens with zero attached hydrogens (tertiary/aromatic N) is 6. The second-order valence-electron chi connectivity index (χ2n) is 20.7. The van der Waals surface area contributed by atoms with Crippen molar-refractivity contribution < 1.29 is 29.4 Å². The van der Waals surface area contributed by atoms with Crippen LogP contribution in [0.1, 0.15) is 123 Å². The van der Waals surface area contributed by atoms with Crippen molar-refractivity contribution in [2.24, 2.45) is 0 Å². The number of likely N-dealkylation sites (tertiary alicyclic amines) is 4. The van der Waals surface area contributed by atoms with E-state index in [1.807, 2.05) is 102 Å². The minimum absolute atomic E-state index is 0.184. The van der Waals surface area contributed by atoms with Crippen molar-refractivity contribution in [3.05, 3.63) is 156 Å². The molecular formula is C58H64N10O6. The number of hydrogen-bond acceptors (Lipinski definition) is 8. The van der Waals surface area contributed by atoms with Gasteiger partial charge in [0.25, 0.3) is 0 Å². The number of hydrogen-bond donors (Lipinski definition) is 6. The maximum absolute atomic E-state index is 14.4. The molecule has 6 N–H and O–H groups in total. The fourth-order valence-electron chi connectivity index (χ4n) is 10.6. The maximum atomic E-state index is 14.4. The van der Waals surface area contributed by atoms with E-state index in [0.717, 1.165) is 53.6 Å². The highest BCUT2D eigenvalue weighted by Crippen LogP contribution is 2.36. The molecule has 0 spiro atoms. The standard InChI is InChI=1S/C58H64N10O6/c1-57(73)27-33-65(34-28-57)55(71)63-49(43-11-5-3-6-12-43)53(69)67-31-9-15-47(67)51-59-37-45(61-51)26-19-39-17-20-40(21-18-39)41-22-24-42(25-23-41)46-38-60-52(62-46)48-16-10-32-68(48)54(70)50(44-13-7-4-8-14-44)64-56(72)66-35-29-58(2,74)30-36-66/h3-8,11-14,17-18,20-25,37-38,47-50,73-74H,9-10,15-16,27-36H2,1-2H3,(H,59,61)(H,60,62)(H,63,71)(H,64,72)/t47-,48-,49+,50+/m0/s1. The van der Waals surface area contributed by atoms with Crippen LogP contribution in [0.15, 0.2) is 122 Å². The Bertz CT molecular complexity index is 3000. The quantitative estimate of drug-likeness (QED) is 0.0747. The topological polar surface area (TPSA) is 203 Å². The Morgan fingerprint density at radius 1 is 0.568 bits per heavy atom. The van der Waals surface area contributed by atoms with Crippen LogP contribution in [0, 0.1) is 11.8 Å². The number of benzene rings is 4. The van der Waals surface area contributed by atoms with Crippen molar-refractivity contribution in [3.63, 3.8) is 0 Å². The third-order valence-corrected chi connectivity index (χ3v) is 15.2. The number of nitrogens with one attached hydrogen (secondary N) is 4. The number of aromatic amines is 2. The van der Waals surface area contributed by atoms with Gasteiger partial charge in [-0.2, -0.15) is 0 Å². The molecule has 10 rings (SSSR count). The average molecular weight is 997 g/mol. The van der Waals surface area contributed by atoms with Crippen LogP contribution in [0.4, 0.5) is 9.59 Å². The fourth-order valence-corrected chi connectivity index (χ4v) is 10.6. The van der Waals surface area contributed by atoms with Gasteiger partial charge in [-0.1, -0.05) is 103 Å².